The van der Waals surface area contributed by atoms with E-state index in [2.05, 4.69) is 71.8 Å². The maximum absolute atomic E-state index is 3.50. The minimum atomic E-state index is 0.320. The van der Waals surface area contributed by atoms with Crippen molar-refractivity contribution in [3.8, 4) is 0 Å². The van der Waals surface area contributed by atoms with E-state index in [1.807, 2.05) is 11.3 Å². The van der Waals surface area contributed by atoms with Crippen LogP contribution in [0.25, 0.3) is 0 Å². The van der Waals surface area contributed by atoms with Gasteiger partial charge in [-0.3, -0.25) is 4.90 Å². The second-order valence-electron chi connectivity index (χ2n) is 7.29. The summed E-state index contributed by atoms with van der Waals surface area (Å²) in [6.45, 7) is 17.9. The molecule has 0 aliphatic heterocycles. The van der Waals surface area contributed by atoms with Crippen molar-refractivity contribution in [1.29, 1.82) is 0 Å². The Kier molecular flexibility index (Phi) is 6.24. The Morgan fingerprint density at radius 2 is 1.85 bits per heavy atom. The number of rotatable bonds is 6. The second kappa shape index (κ2) is 7.06. The minimum absolute atomic E-state index is 0.320. The molecule has 0 radical (unpaired) electrons. The molecular formula is C17H32N2S. The highest BCUT2D eigenvalue weighted by Gasteiger charge is 2.24. The van der Waals surface area contributed by atoms with Crippen LogP contribution in [0.3, 0.4) is 0 Å². The van der Waals surface area contributed by atoms with Crippen LogP contribution in [0.4, 0.5) is 0 Å². The minimum Gasteiger partial charge on any atom is -0.310 e. The first-order valence-electron chi connectivity index (χ1n) is 7.63. The second-order valence-corrected chi connectivity index (χ2v) is 8.63. The monoisotopic (exact) mass is 296 g/mol. The van der Waals surface area contributed by atoms with Crippen molar-refractivity contribution in [2.75, 3.05) is 7.05 Å². The van der Waals surface area contributed by atoms with Gasteiger partial charge in [0, 0.05) is 34.9 Å². The molecular weight excluding hydrogens is 264 g/mol. The first-order valence-corrected chi connectivity index (χ1v) is 8.44. The van der Waals surface area contributed by atoms with Gasteiger partial charge in [-0.1, -0.05) is 34.6 Å². The fourth-order valence-corrected chi connectivity index (χ4v) is 3.21. The van der Waals surface area contributed by atoms with Gasteiger partial charge in [-0.15, -0.1) is 11.3 Å². The van der Waals surface area contributed by atoms with Crippen LogP contribution in [-0.4, -0.2) is 24.0 Å². The van der Waals surface area contributed by atoms with Crippen molar-refractivity contribution in [1.82, 2.24) is 10.2 Å². The van der Waals surface area contributed by atoms with Gasteiger partial charge in [0.05, 0.1) is 0 Å². The van der Waals surface area contributed by atoms with E-state index in [9.17, 15) is 0 Å². The summed E-state index contributed by atoms with van der Waals surface area (Å²) in [6.07, 6.45) is 0. The van der Waals surface area contributed by atoms with E-state index in [-0.39, 0.29) is 0 Å². The largest absolute Gasteiger partial charge is 0.310 e. The van der Waals surface area contributed by atoms with Gasteiger partial charge in [0.2, 0.25) is 0 Å². The van der Waals surface area contributed by atoms with Crippen LogP contribution in [0, 0.1) is 12.3 Å². The van der Waals surface area contributed by atoms with Crippen LogP contribution < -0.4 is 5.32 Å². The van der Waals surface area contributed by atoms with E-state index >= 15 is 0 Å². The van der Waals surface area contributed by atoms with Crippen molar-refractivity contribution >= 4 is 11.3 Å². The molecule has 0 fully saturated rings. The summed E-state index contributed by atoms with van der Waals surface area (Å²) in [5, 5.41) is 3.50. The summed E-state index contributed by atoms with van der Waals surface area (Å²) < 4.78 is 0. The molecule has 1 rings (SSSR count). The summed E-state index contributed by atoms with van der Waals surface area (Å²) in [4.78, 5) is 5.37. The van der Waals surface area contributed by atoms with Gasteiger partial charge >= 0.3 is 0 Å². The number of hydrogen-bond donors (Lipinski definition) is 1. The van der Waals surface area contributed by atoms with Crippen molar-refractivity contribution in [3.05, 3.63) is 21.4 Å². The maximum atomic E-state index is 3.50. The van der Waals surface area contributed by atoms with Gasteiger partial charge in [0.15, 0.2) is 0 Å². The highest BCUT2D eigenvalue weighted by atomic mass is 32.1. The maximum Gasteiger partial charge on any atom is 0.0302 e. The summed E-state index contributed by atoms with van der Waals surface area (Å²) >= 11 is 1.93. The Labute approximate surface area is 129 Å². The molecule has 0 saturated carbocycles. The van der Waals surface area contributed by atoms with E-state index < -0.39 is 0 Å². The average molecular weight is 297 g/mol. The summed E-state index contributed by atoms with van der Waals surface area (Å²) in [7, 11) is 2.24. The van der Waals surface area contributed by atoms with Crippen LogP contribution in [0.5, 0.6) is 0 Å². The zero-order chi connectivity index (χ0) is 15.5. The quantitative estimate of drug-likeness (QED) is 0.836. The van der Waals surface area contributed by atoms with Crippen LogP contribution in [0.1, 0.15) is 56.9 Å². The van der Waals surface area contributed by atoms with E-state index in [4.69, 9.17) is 0 Å². The predicted molar refractivity (Wildman–Crippen MR) is 91.4 cm³/mol. The zero-order valence-corrected chi connectivity index (χ0v) is 15.3. The van der Waals surface area contributed by atoms with Gasteiger partial charge < -0.3 is 5.32 Å². The topological polar surface area (TPSA) is 15.3 Å². The van der Waals surface area contributed by atoms with E-state index in [0.29, 0.717) is 17.5 Å². The molecule has 0 spiro atoms. The number of aryl methyl sites for hydroxylation is 1. The fraction of sp³-hybridized carbons (Fsp3) is 0.765. The molecule has 1 aromatic rings. The molecule has 2 nitrogen and oxygen atoms in total. The SMILES string of the molecule is Cc1sc(CNC(C)C)cc1CN(C)C(C)C(C)(C)C. The molecule has 1 atom stereocenters. The van der Waals surface area contributed by atoms with Gasteiger partial charge in [0.25, 0.3) is 0 Å². The molecule has 0 aromatic carbocycles. The molecule has 1 N–H and O–H groups in total. The molecule has 0 aliphatic rings. The highest BCUT2D eigenvalue weighted by Crippen LogP contribution is 2.27. The Morgan fingerprint density at radius 1 is 1.25 bits per heavy atom. The van der Waals surface area contributed by atoms with Gasteiger partial charge in [0.1, 0.15) is 0 Å². The van der Waals surface area contributed by atoms with Gasteiger partial charge in [-0.25, -0.2) is 0 Å². The third kappa shape index (κ3) is 5.19. The van der Waals surface area contributed by atoms with Crippen LogP contribution in [-0.2, 0) is 13.1 Å². The van der Waals surface area contributed by atoms with Gasteiger partial charge in [-0.05, 0) is 37.9 Å². The summed E-state index contributed by atoms with van der Waals surface area (Å²) in [5.74, 6) is 0. The average Bonchev–Trinajstić information content (AvgIpc) is 2.65. The van der Waals surface area contributed by atoms with Crippen LogP contribution in [0.2, 0.25) is 0 Å². The summed E-state index contributed by atoms with van der Waals surface area (Å²) in [6, 6.07) is 3.49. The molecule has 3 heteroatoms. The van der Waals surface area contributed by atoms with Crippen LogP contribution >= 0.6 is 11.3 Å². The summed E-state index contributed by atoms with van der Waals surface area (Å²) in [5.41, 5.74) is 1.80. The third-order valence-electron chi connectivity index (χ3n) is 4.09. The molecule has 116 valence electrons. The van der Waals surface area contributed by atoms with Crippen LogP contribution in [0.15, 0.2) is 6.07 Å². The molecule has 0 bridgehead atoms. The zero-order valence-electron chi connectivity index (χ0n) is 14.5. The van der Waals surface area contributed by atoms with Crippen molar-refractivity contribution in [3.63, 3.8) is 0 Å². The number of nitrogens with zero attached hydrogens (tertiary/aromatic N) is 1. The molecule has 1 aromatic heterocycles. The fourth-order valence-electron chi connectivity index (χ4n) is 2.20. The Bertz CT molecular complexity index is 415. The van der Waals surface area contributed by atoms with Crippen molar-refractivity contribution in [2.24, 2.45) is 5.41 Å². The Morgan fingerprint density at radius 3 is 2.35 bits per heavy atom. The van der Waals surface area contributed by atoms with Crippen molar-refractivity contribution < 1.29 is 0 Å². The molecule has 0 saturated heterocycles. The Hall–Kier alpha value is -0.380. The number of nitrogens with one attached hydrogen (secondary N) is 1. The van der Waals surface area contributed by atoms with Crippen molar-refractivity contribution in [2.45, 2.75) is 73.6 Å². The lowest BCUT2D eigenvalue weighted by atomic mass is 9.87. The lowest BCUT2D eigenvalue weighted by Gasteiger charge is -2.35. The molecule has 0 aliphatic carbocycles. The molecule has 0 amide bonds. The first-order chi connectivity index (χ1) is 9.11. The molecule has 1 unspecified atom stereocenters. The lowest BCUT2D eigenvalue weighted by molar-refractivity contribution is 0.134. The normalized spacial score (nSPS) is 14.3. The van der Waals surface area contributed by atoms with E-state index in [1.54, 1.807) is 0 Å². The third-order valence-corrected chi connectivity index (χ3v) is 5.18. The molecule has 1 heterocycles. The standard InChI is InChI=1S/C17H32N2S/c1-12(2)18-10-16-9-15(13(3)20-16)11-19(8)14(4)17(5,6)7/h9,12,14,18H,10-11H2,1-8H3. The van der Waals surface area contributed by atoms with Gasteiger partial charge in [-0.2, -0.15) is 0 Å². The van der Waals surface area contributed by atoms with E-state index in [0.717, 1.165) is 13.1 Å². The smallest absolute Gasteiger partial charge is 0.0302 e. The number of thiophene rings is 1. The Balaban J connectivity index is 2.68. The molecule has 20 heavy (non-hydrogen) atoms. The lowest BCUT2D eigenvalue weighted by Crippen LogP contribution is -2.38. The van der Waals surface area contributed by atoms with E-state index in [1.165, 1.54) is 15.3 Å². The number of hydrogen-bond acceptors (Lipinski definition) is 3. The first kappa shape index (κ1) is 17.7. The highest BCUT2D eigenvalue weighted by molar-refractivity contribution is 7.12. The predicted octanol–water partition coefficient (Wildman–Crippen LogP) is 4.42.